The summed E-state index contributed by atoms with van der Waals surface area (Å²) in [5.41, 5.74) is 0. The van der Waals surface area contributed by atoms with Gasteiger partial charge in [-0.2, -0.15) is 0 Å². The Kier molecular flexibility index (Phi) is 5.94. The third-order valence-corrected chi connectivity index (χ3v) is 4.86. The van der Waals surface area contributed by atoms with Crippen molar-refractivity contribution < 1.29 is 14.7 Å². The van der Waals surface area contributed by atoms with Gasteiger partial charge in [-0.05, 0) is 37.1 Å². The first-order valence-corrected chi connectivity index (χ1v) is 8.33. The summed E-state index contributed by atoms with van der Waals surface area (Å²) < 4.78 is 0. The second-order valence-corrected chi connectivity index (χ2v) is 6.71. The van der Waals surface area contributed by atoms with Crippen molar-refractivity contribution in [2.24, 2.45) is 5.92 Å². The molecule has 1 saturated carbocycles. The lowest BCUT2D eigenvalue weighted by atomic mass is 10.0. The van der Waals surface area contributed by atoms with Crippen LogP contribution in [0, 0.1) is 5.92 Å². The van der Waals surface area contributed by atoms with Gasteiger partial charge in [-0.15, -0.1) is 11.8 Å². The molecular formula is C15H18ClNO3S. The van der Waals surface area contributed by atoms with E-state index in [1.165, 1.54) is 0 Å². The second-order valence-electron chi connectivity index (χ2n) is 5.10. The molecular weight excluding hydrogens is 310 g/mol. The quantitative estimate of drug-likeness (QED) is 0.787. The molecule has 1 aliphatic carbocycles. The summed E-state index contributed by atoms with van der Waals surface area (Å²) in [5.74, 6) is -0.654. The normalized spacial score (nSPS) is 21.2. The van der Waals surface area contributed by atoms with E-state index in [2.05, 4.69) is 5.32 Å². The van der Waals surface area contributed by atoms with Crippen molar-refractivity contribution in [3.05, 3.63) is 29.3 Å². The van der Waals surface area contributed by atoms with Gasteiger partial charge < -0.3 is 10.4 Å². The minimum atomic E-state index is -0.812. The molecule has 0 saturated heterocycles. The number of hydrogen-bond donors (Lipinski definition) is 2. The second kappa shape index (κ2) is 7.71. The molecule has 0 aromatic heterocycles. The van der Waals surface area contributed by atoms with Gasteiger partial charge in [0.15, 0.2) is 0 Å². The highest BCUT2D eigenvalue weighted by Crippen LogP contribution is 2.26. The molecule has 1 aliphatic rings. The molecule has 2 rings (SSSR count). The first-order chi connectivity index (χ1) is 10.1. The summed E-state index contributed by atoms with van der Waals surface area (Å²) in [5, 5.41) is 12.6. The Morgan fingerprint density at radius 1 is 1.29 bits per heavy atom. The molecule has 2 unspecified atom stereocenters. The van der Waals surface area contributed by atoms with Gasteiger partial charge in [-0.25, -0.2) is 0 Å². The van der Waals surface area contributed by atoms with E-state index in [9.17, 15) is 9.59 Å². The topological polar surface area (TPSA) is 66.4 Å². The third kappa shape index (κ3) is 4.93. The lowest BCUT2D eigenvalue weighted by Gasteiger charge is -2.17. The lowest BCUT2D eigenvalue weighted by molar-refractivity contribution is -0.142. The van der Waals surface area contributed by atoms with Crippen molar-refractivity contribution >= 4 is 35.2 Å². The molecule has 1 amide bonds. The molecule has 21 heavy (non-hydrogen) atoms. The maximum atomic E-state index is 11.9. The fraction of sp³-hybridized carbons (Fsp3) is 0.467. The molecule has 114 valence electrons. The molecule has 0 bridgehead atoms. The minimum absolute atomic E-state index is 0.0744. The zero-order chi connectivity index (χ0) is 15.2. The van der Waals surface area contributed by atoms with E-state index in [1.807, 2.05) is 24.3 Å². The maximum absolute atomic E-state index is 11.9. The van der Waals surface area contributed by atoms with Crippen LogP contribution in [0.5, 0.6) is 0 Å². The summed E-state index contributed by atoms with van der Waals surface area (Å²) in [6.07, 6.45) is 2.66. The van der Waals surface area contributed by atoms with E-state index in [4.69, 9.17) is 16.7 Å². The van der Waals surface area contributed by atoms with Gasteiger partial charge in [0.2, 0.25) is 5.91 Å². The Balaban J connectivity index is 1.72. The van der Waals surface area contributed by atoms with Crippen molar-refractivity contribution in [2.75, 3.05) is 5.75 Å². The monoisotopic (exact) mass is 327 g/mol. The van der Waals surface area contributed by atoms with Crippen molar-refractivity contribution in [1.82, 2.24) is 5.32 Å². The molecule has 0 spiro atoms. The SMILES string of the molecule is O=C(CCSc1ccc(Cl)cc1)NC1CCCC1C(=O)O. The van der Waals surface area contributed by atoms with Crippen LogP contribution in [0.2, 0.25) is 5.02 Å². The summed E-state index contributed by atoms with van der Waals surface area (Å²) in [6.45, 7) is 0. The van der Waals surface area contributed by atoms with E-state index in [0.29, 0.717) is 23.6 Å². The first kappa shape index (κ1) is 16.2. The Morgan fingerprint density at radius 2 is 2.00 bits per heavy atom. The number of carboxylic acids is 1. The average Bonchev–Trinajstić information content (AvgIpc) is 2.89. The van der Waals surface area contributed by atoms with Gasteiger partial charge in [-0.1, -0.05) is 18.0 Å². The van der Waals surface area contributed by atoms with Crippen LogP contribution < -0.4 is 5.32 Å². The van der Waals surface area contributed by atoms with Crippen molar-refractivity contribution in [3.63, 3.8) is 0 Å². The number of carbonyl (C=O) groups is 2. The van der Waals surface area contributed by atoms with E-state index in [1.54, 1.807) is 11.8 Å². The number of nitrogens with one attached hydrogen (secondary N) is 1. The van der Waals surface area contributed by atoms with Crippen LogP contribution >= 0.6 is 23.4 Å². The van der Waals surface area contributed by atoms with Crippen molar-refractivity contribution in [1.29, 1.82) is 0 Å². The minimum Gasteiger partial charge on any atom is -0.481 e. The molecule has 1 fully saturated rings. The van der Waals surface area contributed by atoms with Crippen LogP contribution in [0.1, 0.15) is 25.7 Å². The van der Waals surface area contributed by atoms with Gasteiger partial charge >= 0.3 is 5.97 Å². The highest BCUT2D eigenvalue weighted by Gasteiger charge is 2.33. The smallest absolute Gasteiger partial charge is 0.308 e. The van der Waals surface area contributed by atoms with Crippen molar-refractivity contribution in [3.8, 4) is 0 Å². The number of halogens is 1. The highest BCUT2D eigenvalue weighted by atomic mass is 35.5. The molecule has 0 radical (unpaired) electrons. The summed E-state index contributed by atoms with van der Waals surface area (Å²) in [4.78, 5) is 24.0. The Labute approximate surface area is 133 Å². The predicted molar refractivity (Wildman–Crippen MR) is 83.7 cm³/mol. The van der Waals surface area contributed by atoms with Gasteiger partial charge in [0.05, 0.1) is 5.92 Å². The number of aliphatic carboxylic acids is 1. The van der Waals surface area contributed by atoms with E-state index in [-0.39, 0.29) is 11.9 Å². The van der Waals surface area contributed by atoms with Crippen LogP contribution in [0.4, 0.5) is 0 Å². The maximum Gasteiger partial charge on any atom is 0.308 e. The van der Waals surface area contributed by atoms with Gasteiger partial charge in [0.1, 0.15) is 0 Å². The standard InChI is InChI=1S/C15H18ClNO3S/c16-10-4-6-11(7-5-10)21-9-8-14(18)17-13-3-1-2-12(13)15(19)20/h4-7,12-13H,1-3,8-9H2,(H,17,18)(H,19,20). The first-order valence-electron chi connectivity index (χ1n) is 6.97. The number of thioether (sulfide) groups is 1. The molecule has 4 nitrogen and oxygen atoms in total. The highest BCUT2D eigenvalue weighted by molar-refractivity contribution is 7.99. The van der Waals surface area contributed by atoms with E-state index < -0.39 is 11.9 Å². The molecule has 0 heterocycles. The Bertz CT molecular complexity index is 506. The fourth-order valence-corrected chi connectivity index (χ4v) is 3.48. The van der Waals surface area contributed by atoms with E-state index in [0.717, 1.165) is 17.7 Å². The summed E-state index contributed by atoms with van der Waals surface area (Å²) in [6, 6.07) is 7.26. The average molecular weight is 328 g/mol. The van der Waals surface area contributed by atoms with Gasteiger partial charge in [-0.3, -0.25) is 9.59 Å². The lowest BCUT2D eigenvalue weighted by Crippen LogP contribution is -2.40. The van der Waals surface area contributed by atoms with Crippen LogP contribution in [0.15, 0.2) is 29.2 Å². The molecule has 1 aromatic carbocycles. The Hall–Kier alpha value is -1.20. The number of amides is 1. The number of benzene rings is 1. The number of carboxylic acid groups (broad SMARTS) is 1. The number of rotatable bonds is 6. The van der Waals surface area contributed by atoms with Gasteiger partial charge in [0, 0.05) is 28.1 Å². The molecule has 2 atom stereocenters. The van der Waals surface area contributed by atoms with Crippen LogP contribution in [-0.2, 0) is 9.59 Å². The summed E-state index contributed by atoms with van der Waals surface area (Å²) >= 11 is 7.40. The molecule has 6 heteroatoms. The van der Waals surface area contributed by atoms with Crippen molar-refractivity contribution in [2.45, 2.75) is 36.6 Å². The van der Waals surface area contributed by atoms with Gasteiger partial charge in [0.25, 0.3) is 0 Å². The molecule has 0 aliphatic heterocycles. The molecule has 2 N–H and O–H groups in total. The number of carbonyl (C=O) groups excluding carboxylic acids is 1. The third-order valence-electron chi connectivity index (χ3n) is 3.59. The predicted octanol–water partition coefficient (Wildman–Crippen LogP) is 3.19. The zero-order valence-corrected chi connectivity index (χ0v) is 13.1. The Morgan fingerprint density at radius 3 is 2.67 bits per heavy atom. The van der Waals surface area contributed by atoms with E-state index >= 15 is 0 Å². The molecule has 1 aromatic rings. The largest absolute Gasteiger partial charge is 0.481 e. The fourth-order valence-electron chi connectivity index (χ4n) is 2.50. The number of hydrogen-bond acceptors (Lipinski definition) is 3. The summed E-state index contributed by atoms with van der Waals surface area (Å²) in [7, 11) is 0. The van der Waals surface area contributed by atoms with Crippen LogP contribution in [-0.4, -0.2) is 28.8 Å². The van der Waals surface area contributed by atoms with Crippen LogP contribution in [0.3, 0.4) is 0 Å². The zero-order valence-electron chi connectivity index (χ0n) is 11.5. The van der Waals surface area contributed by atoms with Crippen LogP contribution in [0.25, 0.3) is 0 Å².